The van der Waals surface area contributed by atoms with E-state index in [0.29, 0.717) is 25.0 Å². The lowest BCUT2D eigenvalue weighted by molar-refractivity contribution is -0.138. The number of halogens is 1. The molecule has 1 saturated carbocycles. The number of hydrogen-bond acceptors (Lipinski definition) is 5. The molecule has 2 aliphatic carbocycles. The van der Waals surface area contributed by atoms with Crippen LogP contribution in [0.4, 0.5) is 10.1 Å². The minimum absolute atomic E-state index is 0.0152. The van der Waals surface area contributed by atoms with E-state index >= 15 is 4.39 Å². The van der Waals surface area contributed by atoms with Gasteiger partial charge in [-0.2, -0.15) is 0 Å². The van der Waals surface area contributed by atoms with Gasteiger partial charge < -0.3 is 20.3 Å². The molecule has 2 aromatic carbocycles. The fourth-order valence-electron chi connectivity index (χ4n) is 5.65. The number of hydrogen-bond donors (Lipinski definition) is 3. The number of ether oxygens (including phenoxy) is 1. The zero-order valence-electron chi connectivity index (χ0n) is 22.3. The molecule has 38 heavy (non-hydrogen) atoms. The number of fused-ring (bicyclic) bond motifs is 1. The van der Waals surface area contributed by atoms with E-state index in [-0.39, 0.29) is 23.7 Å². The number of carboxylic acids is 1. The normalized spacial score (nSPS) is 20.2. The summed E-state index contributed by atoms with van der Waals surface area (Å²) in [6, 6.07) is 11.1. The number of anilines is 1. The standard InChI is InChI=1S/C31H35FN2O4/c1-17-13-20(38-12-11-31(3,4)37)14-18(2)28(17)21-6-8-25(32)29-22(21)7-10-27(29)34-19-5-9-26(33-16-19)23-15-24(23)30(35)36/h5-6,8-9,13-14,16,23-24,27,34,37H,7,10-12,15H2,1-4H3,(H,35,36)/t23?,24-,27-/m1/s1. The van der Waals surface area contributed by atoms with Crippen LogP contribution in [0.1, 0.15) is 73.0 Å². The van der Waals surface area contributed by atoms with E-state index < -0.39 is 11.6 Å². The fraction of sp³-hybridized carbons (Fsp3) is 0.419. The maximum atomic E-state index is 15.2. The maximum Gasteiger partial charge on any atom is 0.307 e. The van der Waals surface area contributed by atoms with Gasteiger partial charge in [-0.25, -0.2) is 4.39 Å². The van der Waals surface area contributed by atoms with Crippen molar-refractivity contribution in [2.24, 2.45) is 5.92 Å². The van der Waals surface area contributed by atoms with E-state index in [0.717, 1.165) is 57.8 Å². The Morgan fingerprint density at radius 2 is 1.92 bits per heavy atom. The fourth-order valence-corrected chi connectivity index (χ4v) is 5.65. The van der Waals surface area contributed by atoms with Crippen LogP contribution in [-0.4, -0.2) is 33.4 Å². The second-order valence-electron chi connectivity index (χ2n) is 11.3. The van der Waals surface area contributed by atoms with Crippen molar-refractivity contribution in [3.8, 4) is 16.9 Å². The van der Waals surface area contributed by atoms with E-state index in [1.54, 1.807) is 26.1 Å². The van der Waals surface area contributed by atoms with Gasteiger partial charge in [0.1, 0.15) is 11.6 Å². The summed E-state index contributed by atoms with van der Waals surface area (Å²) in [7, 11) is 0. The Kier molecular flexibility index (Phi) is 6.90. The van der Waals surface area contributed by atoms with E-state index in [2.05, 4.69) is 10.3 Å². The first-order chi connectivity index (χ1) is 18.0. The van der Waals surface area contributed by atoms with Crippen LogP contribution in [0.2, 0.25) is 0 Å². The van der Waals surface area contributed by atoms with Crippen LogP contribution < -0.4 is 10.1 Å². The average molecular weight is 519 g/mol. The van der Waals surface area contributed by atoms with Crippen LogP contribution in [0.15, 0.2) is 42.6 Å². The lowest BCUT2D eigenvalue weighted by Crippen LogP contribution is -2.21. The van der Waals surface area contributed by atoms with Crippen LogP contribution in [-0.2, 0) is 11.2 Å². The number of benzene rings is 2. The van der Waals surface area contributed by atoms with Gasteiger partial charge in [0.15, 0.2) is 0 Å². The van der Waals surface area contributed by atoms with Gasteiger partial charge in [-0.1, -0.05) is 6.07 Å². The molecule has 1 fully saturated rings. The van der Waals surface area contributed by atoms with Crippen LogP contribution in [0.3, 0.4) is 0 Å². The van der Waals surface area contributed by atoms with E-state index in [1.807, 2.05) is 44.2 Å². The molecule has 0 saturated heterocycles. The molecular weight excluding hydrogens is 483 g/mol. The van der Waals surface area contributed by atoms with Gasteiger partial charge in [0.25, 0.3) is 0 Å². The summed E-state index contributed by atoms with van der Waals surface area (Å²) in [5.74, 6) is -0.573. The van der Waals surface area contributed by atoms with Gasteiger partial charge >= 0.3 is 5.97 Å². The average Bonchev–Trinajstić information content (AvgIpc) is 3.54. The number of nitrogens with zero attached hydrogens (tertiary/aromatic N) is 1. The van der Waals surface area contributed by atoms with Gasteiger partial charge in [0.2, 0.25) is 0 Å². The summed E-state index contributed by atoms with van der Waals surface area (Å²) in [5, 5.41) is 22.6. The molecule has 6 nitrogen and oxygen atoms in total. The topological polar surface area (TPSA) is 91.7 Å². The number of aromatic nitrogens is 1. The van der Waals surface area contributed by atoms with Gasteiger partial charge in [0.05, 0.1) is 36.1 Å². The summed E-state index contributed by atoms with van der Waals surface area (Å²) in [5.41, 5.74) is 6.81. The first-order valence-corrected chi connectivity index (χ1v) is 13.2. The van der Waals surface area contributed by atoms with Gasteiger partial charge in [-0.05, 0) is 105 Å². The SMILES string of the molecule is Cc1cc(OCCC(C)(C)O)cc(C)c1-c1ccc(F)c2c1CC[C@H]2Nc1ccc(C2C[C@H]2C(=O)O)nc1. The Labute approximate surface area is 222 Å². The first kappa shape index (κ1) is 26.2. The quantitative estimate of drug-likeness (QED) is 0.307. The molecule has 200 valence electrons. The van der Waals surface area contributed by atoms with E-state index in [9.17, 15) is 15.0 Å². The minimum atomic E-state index is -0.776. The molecular formula is C31H35FN2O4. The molecule has 0 aliphatic heterocycles. The molecule has 7 heteroatoms. The Morgan fingerprint density at radius 1 is 1.18 bits per heavy atom. The monoisotopic (exact) mass is 518 g/mol. The lowest BCUT2D eigenvalue weighted by atomic mass is 9.90. The molecule has 2 aliphatic rings. The van der Waals surface area contributed by atoms with Crippen LogP contribution >= 0.6 is 0 Å². The number of nitrogens with one attached hydrogen (secondary N) is 1. The number of rotatable bonds is 9. The highest BCUT2D eigenvalue weighted by Gasteiger charge is 2.45. The second-order valence-corrected chi connectivity index (χ2v) is 11.3. The molecule has 3 aromatic rings. The van der Waals surface area contributed by atoms with Crippen LogP contribution in [0.5, 0.6) is 5.75 Å². The first-order valence-electron chi connectivity index (χ1n) is 13.2. The van der Waals surface area contributed by atoms with Crippen molar-refractivity contribution in [1.29, 1.82) is 0 Å². The molecule has 1 unspecified atom stereocenters. The molecule has 3 N–H and O–H groups in total. The van der Waals surface area contributed by atoms with Crippen molar-refractivity contribution < 1.29 is 24.1 Å². The van der Waals surface area contributed by atoms with Gasteiger partial charge in [-0.3, -0.25) is 9.78 Å². The summed E-state index contributed by atoms with van der Waals surface area (Å²) in [6.07, 6.45) is 4.42. The number of pyridine rings is 1. The highest BCUT2D eigenvalue weighted by Crippen LogP contribution is 2.47. The van der Waals surface area contributed by atoms with Gasteiger partial charge in [-0.15, -0.1) is 0 Å². The Morgan fingerprint density at radius 3 is 2.53 bits per heavy atom. The zero-order chi connectivity index (χ0) is 27.2. The van der Waals surface area contributed by atoms with Gasteiger partial charge in [0, 0.05) is 23.6 Å². The van der Waals surface area contributed by atoms with Crippen LogP contribution in [0.25, 0.3) is 11.1 Å². The third kappa shape index (κ3) is 5.39. The number of carbonyl (C=O) groups is 1. The zero-order valence-corrected chi connectivity index (χ0v) is 22.3. The summed E-state index contributed by atoms with van der Waals surface area (Å²) >= 11 is 0. The van der Waals surface area contributed by atoms with E-state index in [4.69, 9.17) is 4.74 Å². The molecule has 0 spiro atoms. The third-order valence-electron chi connectivity index (χ3n) is 7.71. The Bertz CT molecular complexity index is 1340. The number of aliphatic carboxylic acids is 1. The van der Waals surface area contributed by atoms with Crippen molar-refractivity contribution in [2.45, 2.75) is 70.9 Å². The Hall–Kier alpha value is -3.45. The molecule has 1 aromatic heterocycles. The second kappa shape index (κ2) is 10.0. The highest BCUT2D eigenvalue weighted by atomic mass is 19.1. The molecule has 0 radical (unpaired) electrons. The number of carboxylic acid groups (broad SMARTS) is 1. The predicted octanol–water partition coefficient (Wildman–Crippen LogP) is 6.33. The predicted molar refractivity (Wildman–Crippen MR) is 145 cm³/mol. The molecule has 1 heterocycles. The number of aliphatic hydroxyl groups is 1. The summed E-state index contributed by atoms with van der Waals surface area (Å²) < 4.78 is 21.1. The van der Waals surface area contributed by atoms with Crippen molar-refractivity contribution in [3.05, 3.63) is 76.4 Å². The molecule has 0 bridgehead atoms. The van der Waals surface area contributed by atoms with Crippen molar-refractivity contribution in [2.75, 3.05) is 11.9 Å². The molecule has 0 amide bonds. The lowest BCUT2D eigenvalue weighted by Gasteiger charge is -2.20. The molecule has 5 rings (SSSR count). The third-order valence-corrected chi connectivity index (χ3v) is 7.71. The van der Waals surface area contributed by atoms with E-state index in [1.165, 1.54) is 0 Å². The maximum absolute atomic E-state index is 15.2. The minimum Gasteiger partial charge on any atom is -0.493 e. The van der Waals surface area contributed by atoms with Crippen molar-refractivity contribution in [1.82, 2.24) is 4.98 Å². The molecule has 3 atom stereocenters. The van der Waals surface area contributed by atoms with Crippen LogP contribution in [0, 0.1) is 25.6 Å². The highest BCUT2D eigenvalue weighted by molar-refractivity contribution is 5.77. The smallest absolute Gasteiger partial charge is 0.307 e. The Balaban J connectivity index is 1.36. The summed E-state index contributed by atoms with van der Waals surface area (Å²) in [6.45, 7) is 8.06. The number of aryl methyl sites for hydroxylation is 2. The summed E-state index contributed by atoms with van der Waals surface area (Å²) in [4.78, 5) is 15.6. The largest absolute Gasteiger partial charge is 0.493 e. The van der Waals surface area contributed by atoms with Crippen molar-refractivity contribution >= 4 is 11.7 Å². The van der Waals surface area contributed by atoms with Crippen molar-refractivity contribution in [3.63, 3.8) is 0 Å².